The number of alkyl halides is 1. The third-order valence-corrected chi connectivity index (χ3v) is 4.47. The highest BCUT2D eigenvalue weighted by atomic mass is 79.9. The fraction of sp³-hybridized carbons (Fsp3) is 0.533. The van der Waals surface area contributed by atoms with Gasteiger partial charge in [-0.05, 0) is 49.8 Å². The predicted molar refractivity (Wildman–Crippen MR) is 82.8 cm³/mol. The summed E-state index contributed by atoms with van der Waals surface area (Å²) in [5, 5.41) is 0. The number of nitrogens with zero attached hydrogens (tertiary/aromatic N) is 1. The van der Waals surface area contributed by atoms with Gasteiger partial charge in [-0.1, -0.05) is 22.0 Å². The molecule has 1 atom stereocenters. The van der Waals surface area contributed by atoms with E-state index in [4.69, 9.17) is 11.6 Å². The van der Waals surface area contributed by atoms with Gasteiger partial charge in [0.15, 0.2) is 0 Å². The van der Waals surface area contributed by atoms with E-state index in [9.17, 15) is 4.79 Å². The van der Waals surface area contributed by atoms with Crippen LogP contribution >= 0.6 is 27.5 Å². The Morgan fingerprint density at radius 2 is 2.32 bits per heavy atom. The molecule has 0 aliphatic carbocycles. The van der Waals surface area contributed by atoms with Gasteiger partial charge in [0, 0.05) is 29.0 Å². The van der Waals surface area contributed by atoms with Crippen LogP contribution in [0.5, 0.6) is 0 Å². The molecular weight excluding hydrogens is 326 g/mol. The summed E-state index contributed by atoms with van der Waals surface area (Å²) in [5.41, 5.74) is 1.84. The average molecular weight is 345 g/mol. The van der Waals surface area contributed by atoms with Crippen LogP contribution < -0.4 is 0 Å². The molecule has 1 saturated heterocycles. The second-order valence-corrected chi connectivity index (χ2v) is 6.49. The molecule has 1 fully saturated rings. The third-order valence-electron chi connectivity index (χ3n) is 3.75. The predicted octanol–water partition coefficient (Wildman–Crippen LogP) is 4.24. The van der Waals surface area contributed by atoms with Crippen LogP contribution in [0.4, 0.5) is 0 Å². The van der Waals surface area contributed by atoms with Crippen molar-refractivity contribution in [2.45, 2.75) is 26.2 Å². The minimum atomic E-state index is 0.151. The summed E-state index contributed by atoms with van der Waals surface area (Å²) in [7, 11) is 0. The summed E-state index contributed by atoms with van der Waals surface area (Å²) in [6.07, 6.45) is 3.27. The maximum Gasteiger partial charge on any atom is 0.254 e. The van der Waals surface area contributed by atoms with Gasteiger partial charge in [-0.25, -0.2) is 0 Å². The lowest BCUT2D eigenvalue weighted by atomic mass is 9.94. The van der Waals surface area contributed by atoms with Crippen molar-refractivity contribution in [3.8, 4) is 0 Å². The van der Waals surface area contributed by atoms with Gasteiger partial charge in [-0.15, -0.1) is 11.6 Å². The summed E-state index contributed by atoms with van der Waals surface area (Å²) >= 11 is 9.25. The Bertz CT molecular complexity index is 461. The van der Waals surface area contributed by atoms with E-state index in [1.54, 1.807) is 0 Å². The molecule has 1 aliphatic rings. The second-order valence-electron chi connectivity index (χ2n) is 5.20. The number of carbonyl (C=O) groups excluding carboxylic acids is 1. The standard InChI is InChI=1S/C15H19BrClNO/c1-11-4-5-13(16)9-14(11)15(19)18-8-2-3-12(10-18)6-7-17/h4-5,9,12H,2-3,6-8,10H2,1H3. The van der Waals surface area contributed by atoms with Crippen molar-refractivity contribution < 1.29 is 4.79 Å². The fourth-order valence-corrected chi connectivity index (χ4v) is 3.30. The van der Waals surface area contributed by atoms with E-state index < -0.39 is 0 Å². The van der Waals surface area contributed by atoms with Crippen molar-refractivity contribution in [3.63, 3.8) is 0 Å². The van der Waals surface area contributed by atoms with Gasteiger partial charge in [0.25, 0.3) is 5.91 Å². The van der Waals surface area contributed by atoms with E-state index in [2.05, 4.69) is 15.9 Å². The number of piperidine rings is 1. The van der Waals surface area contributed by atoms with Gasteiger partial charge in [0.05, 0.1) is 0 Å². The number of halogens is 2. The van der Waals surface area contributed by atoms with Crippen LogP contribution in [0, 0.1) is 12.8 Å². The maximum atomic E-state index is 12.6. The molecule has 0 aromatic heterocycles. The first-order valence-electron chi connectivity index (χ1n) is 6.73. The molecule has 0 bridgehead atoms. The molecule has 104 valence electrons. The minimum absolute atomic E-state index is 0.151. The van der Waals surface area contributed by atoms with E-state index in [0.717, 1.165) is 41.5 Å². The van der Waals surface area contributed by atoms with Crippen molar-refractivity contribution in [2.24, 2.45) is 5.92 Å². The molecule has 0 radical (unpaired) electrons. The maximum absolute atomic E-state index is 12.6. The third kappa shape index (κ3) is 3.73. The highest BCUT2D eigenvalue weighted by molar-refractivity contribution is 9.10. The summed E-state index contributed by atoms with van der Waals surface area (Å²) in [4.78, 5) is 14.6. The van der Waals surface area contributed by atoms with Crippen molar-refractivity contribution in [3.05, 3.63) is 33.8 Å². The summed E-state index contributed by atoms with van der Waals surface area (Å²) in [6, 6.07) is 5.87. The molecular formula is C15H19BrClNO. The van der Waals surface area contributed by atoms with Crippen LogP contribution in [0.25, 0.3) is 0 Å². The molecule has 1 aromatic carbocycles. The van der Waals surface area contributed by atoms with Crippen LogP contribution in [0.2, 0.25) is 0 Å². The molecule has 1 amide bonds. The molecule has 0 N–H and O–H groups in total. The summed E-state index contributed by atoms with van der Waals surface area (Å²) in [6.45, 7) is 3.70. The number of rotatable bonds is 3. The Kier molecular flexibility index (Phi) is 5.28. The lowest BCUT2D eigenvalue weighted by molar-refractivity contribution is 0.0671. The zero-order valence-corrected chi connectivity index (χ0v) is 13.5. The fourth-order valence-electron chi connectivity index (χ4n) is 2.63. The van der Waals surface area contributed by atoms with Crippen molar-refractivity contribution in [2.75, 3.05) is 19.0 Å². The van der Waals surface area contributed by atoms with Crippen LogP contribution in [-0.2, 0) is 0 Å². The minimum Gasteiger partial charge on any atom is -0.338 e. The highest BCUT2D eigenvalue weighted by Gasteiger charge is 2.24. The van der Waals surface area contributed by atoms with Crippen molar-refractivity contribution in [1.29, 1.82) is 0 Å². The largest absolute Gasteiger partial charge is 0.338 e. The number of carbonyl (C=O) groups is 1. The van der Waals surface area contributed by atoms with Gasteiger partial charge in [-0.3, -0.25) is 4.79 Å². The Morgan fingerprint density at radius 1 is 1.53 bits per heavy atom. The zero-order chi connectivity index (χ0) is 13.8. The van der Waals surface area contributed by atoms with E-state index in [0.29, 0.717) is 11.8 Å². The first-order valence-corrected chi connectivity index (χ1v) is 8.06. The zero-order valence-electron chi connectivity index (χ0n) is 11.2. The van der Waals surface area contributed by atoms with Crippen LogP contribution in [0.1, 0.15) is 35.2 Å². The van der Waals surface area contributed by atoms with Crippen LogP contribution in [0.15, 0.2) is 22.7 Å². The Hall–Kier alpha value is -0.540. The summed E-state index contributed by atoms with van der Waals surface area (Å²) in [5.74, 6) is 1.39. The Morgan fingerprint density at radius 3 is 3.05 bits per heavy atom. The lowest BCUT2D eigenvalue weighted by Gasteiger charge is -2.33. The summed E-state index contributed by atoms with van der Waals surface area (Å²) < 4.78 is 0.954. The van der Waals surface area contributed by atoms with Gasteiger partial charge in [-0.2, -0.15) is 0 Å². The first kappa shape index (κ1) is 14.9. The number of hydrogen-bond acceptors (Lipinski definition) is 1. The monoisotopic (exact) mass is 343 g/mol. The van der Waals surface area contributed by atoms with Crippen LogP contribution in [0.3, 0.4) is 0 Å². The second kappa shape index (κ2) is 6.76. The molecule has 4 heteroatoms. The number of aryl methyl sites for hydroxylation is 1. The van der Waals surface area contributed by atoms with E-state index in [1.165, 1.54) is 6.42 Å². The smallest absolute Gasteiger partial charge is 0.254 e. The van der Waals surface area contributed by atoms with Gasteiger partial charge in [0.2, 0.25) is 0 Å². The first-order chi connectivity index (χ1) is 9.11. The highest BCUT2D eigenvalue weighted by Crippen LogP contribution is 2.24. The molecule has 2 rings (SSSR count). The molecule has 1 aliphatic heterocycles. The molecule has 0 spiro atoms. The Balaban J connectivity index is 2.12. The van der Waals surface area contributed by atoms with Gasteiger partial charge >= 0.3 is 0 Å². The number of hydrogen-bond donors (Lipinski definition) is 0. The van der Waals surface area contributed by atoms with Gasteiger partial charge < -0.3 is 4.90 Å². The lowest BCUT2D eigenvalue weighted by Crippen LogP contribution is -2.40. The van der Waals surface area contributed by atoms with Gasteiger partial charge in [0.1, 0.15) is 0 Å². The number of benzene rings is 1. The average Bonchev–Trinajstić information content (AvgIpc) is 2.41. The van der Waals surface area contributed by atoms with E-state index in [-0.39, 0.29) is 5.91 Å². The van der Waals surface area contributed by atoms with E-state index in [1.807, 2.05) is 30.0 Å². The quantitative estimate of drug-likeness (QED) is 0.751. The number of amides is 1. The molecule has 1 heterocycles. The molecule has 19 heavy (non-hydrogen) atoms. The Labute approximate surface area is 128 Å². The van der Waals surface area contributed by atoms with Crippen molar-refractivity contribution in [1.82, 2.24) is 4.90 Å². The molecule has 1 aromatic rings. The normalized spacial score (nSPS) is 19.5. The topological polar surface area (TPSA) is 20.3 Å². The molecule has 0 saturated carbocycles. The van der Waals surface area contributed by atoms with Crippen LogP contribution in [-0.4, -0.2) is 29.8 Å². The van der Waals surface area contributed by atoms with E-state index >= 15 is 0 Å². The molecule has 1 unspecified atom stereocenters. The molecule has 2 nitrogen and oxygen atoms in total. The number of likely N-dealkylation sites (tertiary alicyclic amines) is 1. The SMILES string of the molecule is Cc1ccc(Br)cc1C(=O)N1CCCC(CCCl)C1. The van der Waals surface area contributed by atoms with Crippen molar-refractivity contribution >= 4 is 33.4 Å².